The van der Waals surface area contributed by atoms with Crippen molar-refractivity contribution in [1.29, 1.82) is 0 Å². The van der Waals surface area contributed by atoms with Crippen LogP contribution in [0.15, 0.2) is 59.5 Å². The number of hydrogen-bond acceptors (Lipinski definition) is 6. The average Bonchev–Trinajstić information content (AvgIpc) is 2.78. The molecule has 1 N–H and O–H groups in total. The molecule has 162 valence electrons. The summed E-state index contributed by atoms with van der Waals surface area (Å²) in [6, 6.07) is 15.6. The van der Waals surface area contributed by atoms with Crippen LogP contribution in [-0.2, 0) is 19.6 Å². The molecule has 0 saturated carbocycles. The first-order valence-corrected chi connectivity index (χ1v) is 11.3. The number of hydrogen-bond donors (Lipinski definition) is 1. The molecule has 1 aliphatic heterocycles. The molecule has 2 aromatic carbocycles. The molecule has 0 radical (unpaired) electrons. The maximum absolute atomic E-state index is 12.8. The van der Waals surface area contributed by atoms with Gasteiger partial charge in [0.25, 0.3) is 5.91 Å². The molecule has 0 atom stereocenters. The fourth-order valence-corrected chi connectivity index (χ4v) is 4.80. The number of nitrogens with zero attached hydrogens (tertiary/aromatic N) is 2. The Labute approximate surface area is 180 Å². The van der Waals surface area contributed by atoms with E-state index in [4.69, 9.17) is 9.47 Å². The molecule has 0 aliphatic carbocycles. The van der Waals surface area contributed by atoms with Crippen LogP contribution in [0.1, 0.15) is 5.69 Å². The van der Waals surface area contributed by atoms with Gasteiger partial charge in [-0.2, -0.15) is 4.31 Å². The van der Waals surface area contributed by atoms with Crippen molar-refractivity contribution in [2.45, 2.75) is 11.8 Å². The van der Waals surface area contributed by atoms with Crippen LogP contribution in [0.4, 0.5) is 5.69 Å². The molecule has 0 bridgehead atoms. The number of aromatic nitrogens is 1. The Morgan fingerprint density at radius 1 is 1.13 bits per heavy atom. The first-order chi connectivity index (χ1) is 14.9. The van der Waals surface area contributed by atoms with E-state index >= 15 is 0 Å². The molecule has 8 nitrogen and oxygen atoms in total. The minimum atomic E-state index is -3.64. The number of nitrogens with one attached hydrogen (secondary N) is 1. The van der Waals surface area contributed by atoms with E-state index in [1.54, 1.807) is 18.2 Å². The number of carbonyl (C=O) groups is 1. The van der Waals surface area contributed by atoms with E-state index in [-0.39, 0.29) is 11.5 Å². The predicted octanol–water partition coefficient (Wildman–Crippen LogP) is 2.58. The van der Waals surface area contributed by atoms with Gasteiger partial charge in [-0.15, -0.1) is 0 Å². The number of fused-ring (bicyclic) bond motifs is 1. The van der Waals surface area contributed by atoms with E-state index in [1.807, 2.05) is 31.2 Å². The fraction of sp³-hybridized carbons (Fsp3) is 0.273. The number of sulfonamides is 1. The highest BCUT2D eigenvalue weighted by molar-refractivity contribution is 7.89. The van der Waals surface area contributed by atoms with E-state index in [2.05, 4.69) is 10.3 Å². The molecule has 1 saturated heterocycles. The zero-order valence-corrected chi connectivity index (χ0v) is 17.9. The van der Waals surface area contributed by atoms with Gasteiger partial charge in [0.1, 0.15) is 11.3 Å². The highest BCUT2D eigenvalue weighted by Gasteiger charge is 2.26. The highest BCUT2D eigenvalue weighted by atomic mass is 32.2. The normalized spacial score (nSPS) is 15.0. The largest absolute Gasteiger partial charge is 0.481 e. The number of morpholine rings is 1. The van der Waals surface area contributed by atoms with Gasteiger partial charge in [0, 0.05) is 29.9 Å². The lowest BCUT2D eigenvalue weighted by Gasteiger charge is -2.26. The molecule has 31 heavy (non-hydrogen) atoms. The van der Waals surface area contributed by atoms with Crippen molar-refractivity contribution < 1.29 is 22.7 Å². The number of anilines is 1. The molecule has 1 amide bonds. The molecule has 1 fully saturated rings. The third-order valence-corrected chi connectivity index (χ3v) is 6.80. The predicted molar refractivity (Wildman–Crippen MR) is 117 cm³/mol. The lowest BCUT2D eigenvalue weighted by molar-refractivity contribution is -0.118. The van der Waals surface area contributed by atoms with Crippen LogP contribution >= 0.6 is 0 Å². The molecule has 2 heterocycles. The van der Waals surface area contributed by atoms with Gasteiger partial charge in [-0.25, -0.2) is 13.4 Å². The Hall–Kier alpha value is -3.01. The molecule has 9 heteroatoms. The van der Waals surface area contributed by atoms with Crippen molar-refractivity contribution >= 4 is 32.5 Å². The Morgan fingerprint density at radius 3 is 2.71 bits per heavy atom. The topological polar surface area (TPSA) is 97.8 Å². The maximum Gasteiger partial charge on any atom is 0.262 e. The van der Waals surface area contributed by atoms with Gasteiger partial charge in [-0.3, -0.25) is 4.79 Å². The third kappa shape index (κ3) is 4.84. The highest BCUT2D eigenvalue weighted by Crippen LogP contribution is 2.24. The number of rotatable bonds is 6. The summed E-state index contributed by atoms with van der Waals surface area (Å²) < 4.78 is 37.9. The smallest absolute Gasteiger partial charge is 0.262 e. The van der Waals surface area contributed by atoms with Gasteiger partial charge in [0.15, 0.2) is 6.61 Å². The van der Waals surface area contributed by atoms with Crippen molar-refractivity contribution in [2.75, 3.05) is 38.2 Å². The van der Waals surface area contributed by atoms with Crippen molar-refractivity contribution in [3.05, 3.63) is 60.3 Å². The van der Waals surface area contributed by atoms with E-state index in [9.17, 15) is 13.2 Å². The summed E-state index contributed by atoms with van der Waals surface area (Å²) >= 11 is 0. The van der Waals surface area contributed by atoms with Crippen LogP contribution in [0.25, 0.3) is 10.9 Å². The SMILES string of the molecule is Cc1ccc2cccc(OCC(=O)Nc3cccc(S(=O)(=O)N4CCOCC4)c3)c2n1. The average molecular weight is 442 g/mol. The van der Waals surface area contributed by atoms with Crippen molar-refractivity contribution in [3.8, 4) is 5.75 Å². The van der Waals surface area contributed by atoms with Gasteiger partial charge < -0.3 is 14.8 Å². The van der Waals surface area contributed by atoms with Gasteiger partial charge in [-0.05, 0) is 37.3 Å². The van der Waals surface area contributed by atoms with Gasteiger partial charge in [-0.1, -0.05) is 24.3 Å². The lowest BCUT2D eigenvalue weighted by Crippen LogP contribution is -2.40. The Balaban J connectivity index is 1.44. The summed E-state index contributed by atoms with van der Waals surface area (Å²) in [5, 5.41) is 3.62. The van der Waals surface area contributed by atoms with Crippen molar-refractivity contribution in [1.82, 2.24) is 9.29 Å². The van der Waals surface area contributed by atoms with E-state index in [1.165, 1.54) is 16.4 Å². The van der Waals surface area contributed by atoms with Crippen LogP contribution in [0.5, 0.6) is 5.75 Å². The zero-order valence-electron chi connectivity index (χ0n) is 17.1. The number of carbonyl (C=O) groups excluding carboxylic acids is 1. The second kappa shape index (κ2) is 9.01. The summed E-state index contributed by atoms with van der Waals surface area (Å²) in [7, 11) is -3.64. The van der Waals surface area contributed by atoms with Gasteiger partial charge in [0.2, 0.25) is 10.0 Å². The molecule has 1 aromatic heterocycles. The second-order valence-electron chi connectivity index (χ2n) is 7.16. The third-order valence-electron chi connectivity index (χ3n) is 4.91. The molecule has 1 aliphatic rings. The van der Waals surface area contributed by atoms with Crippen LogP contribution in [0, 0.1) is 6.92 Å². The van der Waals surface area contributed by atoms with Crippen LogP contribution < -0.4 is 10.1 Å². The van der Waals surface area contributed by atoms with E-state index < -0.39 is 15.9 Å². The van der Waals surface area contributed by atoms with Gasteiger partial charge in [0.05, 0.1) is 18.1 Å². The summed E-state index contributed by atoms with van der Waals surface area (Å²) in [4.78, 5) is 17.0. The quantitative estimate of drug-likeness (QED) is 0.631. The number of pyridine rings is 1. The monoisotopic (exact) mass is 441 g/mol. The summed E-state index contributed by atoms with van der Waals surface area (Å²) in [5.41, 5.74) is 1.93. The summed E-state index contributed by atoms with van der Waals surface area (Å²) in [5.74, 6) is 0.116. The standard InChI is InChI=1S/C22H23N3O5S/c1-16-8-9-17-4-2-7-20(22(17)23-16)30-15-21(26)24-18-5-3-6-19(14-18)31(27,28)25-10-12-29-13-11-25/h2-9,14H,10-13,15H2,1H3,(H,24,26). The van der Waals surface area contributed by atoms with Crippen LogP contribution in [-0.4, -0.2) is 56.5 Å². The molecular formula is C22H23N3O5S. The first kappa shape index (κ1) is 21.2. The number of aryl methyl sites for hydroxylation is 1. The Morgan fingerprint density at radius 2 is 1.90 bits per heavy atom. The summed E-state index contributed by atoms with van der Waals surface area (Å²) in [6.07, 6.45) is 0. The van der Waals surface area contributed by atoms with Crippen molar-refractivity contribution in [2.24, 2.45) is 0 Å². The fourth-order valence-electron chi connectivity index (χ4n) is 3.34. The second-order valence-corrected chi connectivity index (χ2v) is 9.10. The minimum absolute atomic E-state index is 0.127. The molecule has 3 aromatic rings. The van der Waals surface area contributed by atoms with E-state index in [0.29, 0.717) is 43.3 Å². The molecule has 0 spiro atoms. The molecule has 0 unspecified atom stereocenters. The number of ether oxygens (including phenoxy) is 2. The van der Waals surface area contributed by atoms with Crippen LogP contribution in [0.2, 0.25) is 0 Å². The minimum Gasteiger partial charge on any atom is -0.481 e. The van der Waals surface area contributed by atoms with Crippen LogP contribution in [0.3, 0.4) is 0 Å². The lowest BCUT2D eigenvalue weighted by atomic mass is 10.2. The maximum atomic E-state index is 12.8. The number of para-hydroxylation sites is 1. The summed E-state index contributed by atoms with van der Waals surface area (Å²) in [6.45, 7) is 3.03. The molecule has 4 rings (SSSR count). The van der Waals surface area contributed by atoms with Crippen molar-refractivity contribution in [3.63, 3.8) is 0 Å². The number of benzene rings is 2. The molecular weight excluding hydrogens is 418 g/mol. The first-order valence-electron chi connectivity index (χ1n) is 9.90. The Kier molecular flexibility index (Phi) is 6.17. The Bertz CT molecular complexity index is 1210. The number of amides is 1. The zero-order chi connectivity index (χ0) is 21.8. The van der Waals surface area contributed by atoms with Gasteiger partial charge >= 0.3 is 0 Å². The van der Waals surface area contributed by atoms with E-state index in [0.717, 1.165) is 11.1 Å².